The Balaban J connectivity index is 1.47. The fraction of sp³-hybridized carbons (Fsp3) is 1.00. The van der Waals surface area contributed by atoms with Crippen molar-refractivity contribution in [1.29, 1.82) is 0 Å². The Morgan fingerprint density at radius 3 is 2.33 bits per heavy atom. The van der Waals surface area contributed by atoms with Gasteiger partial charge in [0.25, 0.3) is 0 Å². The molecule has 3 aliphatic rings. The van der Waals surface area contributed by atoms with Crippen molar-refractivity contribution >= 4 is 0 Å². The van der Waals surface area contributed by atoms with E-state index in [1.54, 1.807) is 0 Å². The summed E-state index contributed by atoms with van der Waals surface area (Å²) in [5, 5.41) is 3.51. The van der Waals surface area contributed by atoms with Gasteiger partial charge in [0.1, 0.15) is 0 Å². The summed E-state index contributed by atoms with van der Waals surface area (Å²) >= 11 is 0. The average Bonchev–Trinajstić information content (AvgIpc) is 2.99. The van der Waals surface area contributed by atoms with Crippen LogP contribution in [0.1, 0.15) is 39.0 Å². The van der Waals surface area contributed by atoms with Gasteiger partial charge >= 0.3 is 0 Å². The minimum absolute atomic E-state index is 0.896. The Morgan fingerprint density at radius 2 is 1.56 bits per heavy atom. The van der Waals surface area contributed by atoms with Gasteiger partial charge in [-0.15, -0.1) is 0 Å². The quantitative estimate of drug-likeness (QED) is 0.818. The van der Waals surface area contributed by atoms with Gasteiger partial charge in [-0.2, -0.15) is 0 Å². The maximum atomic E-state index is 3.51. The van der Waals surface area contributed by atoms with Crippen molar-refractivity contribution in [3.63, 3.8) is 0 Å². The van der Waals surface area contributed by atoms with E-state index in [0.29, 0.717) is 0 Å². The summed E-state index contributed by atoms with van der Waals surface area (Å²) in [6.45, 7) is 10.0. The zero-order valence-electron chi connectivity index (χ0n) is 11.9. The van der Waals surface area contributed by atoms with Crippen LogP contribution >= 0.6 is 0 Å². The number of nitrogens with one attached hydrogen (secondary N) is 1. The lowest BCUT2D eigenvalue weighted by Crippen LogP contribution is -2.47. The van der Waals surface area contributed by atoms with Crippen LogP contribution in [0.25, 0.3) is 0 Å². The van der Waals surface area contributed by atoms with Crippen molar-refractivity contribution in [3.05, 3.63) is 0 Å². The fourth-order valence-corrected chi connectivity index (χ4v) is 4.32. The van der Waals surface area contributed by atoms with Crippen LogP contribution in [0.4, 0.5) is 0 Å². The van der Waals surface area contributed by atoms with Gasteiger partial charge in [0.2, 0.25) is 0 Å². The molecule has 3 saturated heterocycles. The minimum Gasteiger partial charge on any atom is -0.317 e. The first-order valence-corrected chi connectivity index (χ1v) is 8.07. The van der Waals surface area contributed by atoms with E-state index in [0.717, 1.165) is 24.5 Å². The van der Waals surface area contributed by atoms with Crippen LogP contribution in [0.5, 0.6) is 0 Å². The summed E-state index contributed by atoms with van der Waals surface area (Å²) in [5.74, 6) is 0.933. The molecule has 0 aromatic carbocycles. The summed E-state index contributed by atoms with van der Waals surface area (Å²) < 4.78 is 0. The number of likely N-dealkylation sites (tertiary alicyclic amines) is 1. The summed E-state index contributed by atoms with van der Waals surface area (Å²) in [6.07, 6.45) is 7.16. The van der Waals surface area contributed by atoms with Crippen molar-refractivity contribution in [2.24, 2.45) is 5.92 Å². The molecule has 3 aliphatic heterocycles. The lowest BCUT2D eigenvalue weighted by molar-refractivity contribution is 0.111. The highest BCUT2D eigenvalue weighted by molar-refractivity contribution is 4.97. The van der Waals surface area contributed by atoms with Gasteiger partial charge in [0.15, 0.2) is 0 Å². The normalized spacial score (nSPS) is 35.2. The summed E-state index contributed by atoms with van der Waals surface area (Å²) in [5.41, 5.74) is 0. The first-order valence-electron chi connectivity index (χ1n) is 8.07. The van der Waals surface area contributed by atoms with Crippen molar-refractivity contribution in [2.75, 3.05) is 39.3 Å². The number of rotatable bonds is 4. The molecule has 0 radical (unpaired) electrons. The van der Waals surface area contributed by atoms with Crippen molar-refractivity contribution in [1.82, 2.24) is 15.1 Å². The second kappa shape index (κ2) is 5.89. The monoisotopic (exact) mass is 251 g/mol. The first-order chi connectivity index (χ1) is 8.88. The number of hydrogen-bond donors (Lipinski definition) is 1. The van der Waals surface area contributed by atoms with E-state index in [4.69, 9.17) is 0 Å². The van der Waals surface area contributed by atoms with E-state index in [1.807, 2.05) is 0 Å². The maximum Gasteiger partial charge on any atom is 0.0263 e. The first kappa shape index (κ1) is 12.9. The third-order valence-corrected chi connectivity index (χ3v) is 5.37. The maximum absolute atomic E-state index is 3.51. The molecule has 3 rings (SSSR count). The highest BCUT2D eigenvalue weighted by Crippen LogP contribution is 2.33. The number of fused-ring (bicyclic) bond motifs is 1. The molecular formula is C15H29N3. The van der Waals surface area contributed by atoms with Gasteiger partial charge in [-0.3, -0.25) is 9.80 Å². The molecule has 0 aromatic rings. The van der Waals surface area contributed by atoms with Crippen LogP contribution in [0.2, 0.25) is 0 Å². The molecule has 1 N–H and O–H groups in total. The molecule has 2 unspecified atom stereocenters. The van der Waals surface area contributed by atoms with E-state index in [-0.39, 0.29) is 0 Å². The molecule has 2 atom stereocenters. The van der Waals surface area contributed by atoms with E-state index in [2.05, 4.69) is 22.0 Å². The van der Waals surface area contributed by atoms with Gasteiger partial charge in [-0.05, 0) is 70.7 Å². The number of nitrogens with zero attached hydrogens (tertiary/aromatic N) is 2. The Labute approximate surface area is 112 Å². The Kier molecular flexibility index (Phi) is 4.22. The van der Waals surface area contributed by atoms with Crippen molar-refractivity contribution in [2.45, 2.75) is 51.1 Å². The molecule has 3 heteroatoms. The zero-order chi connectivity index (χ0) is 12.4. The largest absolute Gasteiger partial charge is 0.317 e. The van der Waals surface area contributed by atoms with Crippen LogP contribution in [0, 0.1) is 5.92 Å². The second-order valence-corrected chi connectivity index (χ2v) is 6.39. The highest BCUT2D eigenvalue weighted by atomic mass is 15.3. The predicted molar refractivity (Wildman–Crippen MR) is 75.8 cm³/mol. The molecule has 3 nitrogen and oxygen atoms in total. The third-order valence-electron chi connectivity index (χ3n) is 5.37. The highest BCUT2D eigenvalue weighted by Gasteiger charge is 2.40. The Bertz CT molecular complexity index is 260. The third kappa shape index (κ3) is 2.59. The number of piperidine rings is 1. The van der Waals surface area contributed by atoms with Crippen molar-refractivity contribution in [3.8, 4) is 0 Å². The molecule has 0 amide bonds. The molecule has 18 heavy (non-hydrogen) atoms. The fourth-order valence-electron chi connectivity index (χ4n) is 4.32. The van der Waals surface area contributed by atoms with Gasteiger partial charge in [-0.1, -0.05) is 6.92 Å². The van der Waals surface area contributed by atoms with Gasteiger partial charge < -0.3 is 5.32 Å². The van der Waals surface area contributed by atoms with Crippen molar-refractivity contribution < 1.29 is 0 Å². The lowest BCUT2D eigenvalue weighted by atomic mass is 9.94. The van der Waals surface area contributed by atoms with Crippen LogP contribution in [0.3, 0.4) is 0 Å². The molecule has 0 aromatic heterocycles. The summed E-state index contributed by atoms with van der Waals surface area (Å²) in [6, 6.07) is 1.81. The van der Waals surface area contributed by atoms with Gasteiger partial charge in [-0.25, -0.2) is 0 Å². The summed E-state index contributed by atoms with van der Waals surface area (Å²) in [7, 11) is 0. The summed E-state index contributed by atoms with van der Waals surface area (Å²) in [4.78, 5) is 5.56. The van der Waals surface area contributed by atoms with Crippen LogP contribution in [0.15, 0.2) is 0 Å². The standard InChI is InChI=1S/C15H29N3/c1-2-16-12-13-5-9-18(10-6-13)15-7-11-17-8-3-4-14(15)17/h13-16H,2-12H2,1H3. The van der Waals surface area contributed by atoms with E-state index < -0.39 is 0 Å². The SMILES string of the molecule is CCNCC1CCN(C2CCN3CCCC23)CC1. The van der Waals surface area contributed by atoms with Gasteiger partial charge in [0.05, 0.1) is 0 Å². The van der Waals surface area contributed by atoms with Crippen LogP contribution in [-0.2, 0) is 0 Å². The molecule has 0 saturated carbocycles. The lowest BCUT2D eigenvalue weighted by Gasteiger charge is -2.38. The van der Waals surface area contributed by atoms with E-state index in [9.17, 15) is 0 Å². The molecule has 0 spiro atoms. The molecule has 104 valence electrons. The number of hydrogen-bond acceptors (Lipinski definition) is 3. The van der Waals surface area contributed by atoms with Crippen LogP contribution in [-0.4, -0.2) is 61.2 Å². The topological polar surface area (TPSA) is 18.5 Å². The Morgan fingerprint density at radius 1 is 0.889 bits per heavy atom. The molecule has 0 bridgehead atoms. The average molecular weight is 251 g/mol. The van der Waals surface area contributed by atoms with E-state index >= 15 is 0 Å². The molecule has 3 fully saturated rings. The molecular weight excluding hydrogens is 222 g/mol. The molecule has 0 aliphatic carbocycles. The Hall–Kier alpha value is -0.120. The molecule has 3 heterocycles. The van der Waals surface area contributed by atoms with Gasteiger partial charge in [0, 0.05) is 18.6 Å². The van der Waals surface area contributed by atoms with E-state index in [1.165, 1.54) is 64.8 Å². The smallest absolute Gasteiger partial charge is 0.0263 e. The second-order valence-electron chi connectivity index (χ2n) is 6.39. The predicted octanol–water partition coefficient (Wildman–Crippen LogP) is 1.54. The zero-order valence-corrected chi connectivity index (χ0v) is 11.9. The minimum atomic E-state index is 0.896. The van der Waals surface area contributed by atoms with Crippen LogP contribution < -0.4 is 5.32 Å².